The van der Waals surface area contributed by atoms with Crippen LogP contribution in [-0.4, -0.2) is 37.1 Å². The van der Waals surface area contributed by atoms with Crippen LogP contribution in [0.1, 0.15) is 29.7 Å². The van der Waals surface area contributed by atoms with Crippen LogP contribution in [0.2, 0.25) is 0 Å². The molecular formula is C23H24FNO4. The van der Waals surface area contributed by atoms with Gasteiger partial charge in [0.1, 0.15) is 24.3 Å². The van der Waals surface area contributed by atoms with Crippen LogP contribution in [0, 0.1) is 30.5 Å². The second-order valence-corrected chi connectivity index (χ2v) is 7.49. The molecule has 1 aromatic carbocycles. The molecule has 2 aromatic rings. The molecule has 0 radical (unpaired) electrons. The number of nitrogens with zero attached hydrogens (tertiary/aromatic N) is 1. The number of hydrogen-bond acceptors (Lipinski definition) is 4. The maximum absolute atomic E-state index is 14.0. The molecule has 2 aliphatic rings. The van der Waals surface area contributed by atoms with Crippen molar-refractivity contribution >= 4 is 0 Å². The average molecular weight is 397 g/mol. The Balaban J connectivity index is 1.46. The van der Waals surface area contributed by atoms with Gasteiger partial charge < -0.3 is 18.8 Å². The number of pyridine rings is 1. The molecule has 4 rings (SSSR count). The third-order valence-corrected chi connectivity index (χ3v) is 4.99. The van der Waals surface area contributed by atoms with Crippen LogP contribution >= 0.6 is 0 Å². The minimum Gasteiger partial charge on any atom is -0.491 e. The monoisotopic (exact) mass is 397 g/mol. The number of hydrogen-bond donors (Lipinski definition) is 0. The third-order valence-electron chi connectivity index (χ3n) is 4.99. The molecule has 6 heteroatoms. The molecule has 0 bridgehead atoms. The van der Waals surface area contributed by atoms with Crippen LogP contribution in [0.15, 0.2) is 35.1 Å². The standard InChI is InChI=1S/C23H24FNO4/c1-16-10-20(29-15-21-14-27-8-9-28-21)12-23(26)25(16)13-18-5-7-22(24)19(11-18)6-4-17-2-3-17/h5,7,10-12,17,21H,2-3,8-9,13-15H2,1H3/t21-/m1/s1. The van der Waals surface area contributed by atoms with Crippen molar-refractivity contribution in [2.75, 3.05) is 26.4 Å². The minimum absolute atomic E-state index is 0.124. The van der Waals surface area contributed by atoms with Crippen molar-refractivity contribution in [3.8, 4) is 17.6 Å². The Bertz CT molecular complexity index is 994. The van der Waals surface area contributed by atoms with Gasteiger partial charge in [0, 0.05) is 17.7 Å². The van der Waals surface area contributed by atoms with Crippen LogP contribution in [0.4, 0.5) is 4.39 Å². The highest BCUT2D eigenvalue weighted by Gasteiger charge is 2.18. The van der Waals surface area contributed by atoms with Gasteiger partial charge in [-0.05, 0) is 43.5 Å². The largest absolute Gasteiger partial charge is 0.491 e. The van der Waals surface area contributed by atoms with Crippen molar-refractivity contribution in [3.05, 3.63) is 63.3 Å². The molecule has 0 unspecified atom stereocenters. The Morgan fingerprint density at radius 3 is 2.83 bits per heavy atom. The van der Waals surface area contributed by atoms with Gasteiger partial charge in [-0.3, -0.25) is 4.79 Å². The average Bonchev–Trinajstić information content (AvgIpc) is 3.54. The van der Waals surface area contributed by atoms with Crippen molar-refractivity contribution in [3.63, 3.8) is 0 Å². The number of ether oxygens (including phenoxy) is 3. The van der Waals surface area contributed by atoms with Crippen molar-refractivity contribution in [1.29, 1.82) is 0 Å². The molecule has 1 atom stereocenters. The number of aromatic nitrogens is 1. The van der Waals surface area contributed by atoms with E-state index in [9.17, 15) is 9.18 Å². The van der Waals surface area contributed by atoms with Gasteiger partial charge in [-0.2, -0.15) is 0 Å². The highest BCUT2D eigenvalue weighted by Crippen LogP contribution is 2.27. The van der Waals surface area contributed by atoms with Crippen LogP contribution in [-0.2, 0) is 16.0 Å². The molecular weight excluding hydrogens is 373 g/mol. The predicted molar refractivity (Wildman–Crippen MR) is 107 cm³/mol. The Labute approximate surface area is 169 Å². The van der Waals surface area contributed by atoms with E-state index in [-0.39, 0.29) is 17.5 Å². The van der Waals surface area contributed by atoms with Gasteiger partial charge in [0.15, 0.2) is 0 Å². The summed E-state index contributed by atoms with van der Waals surface area (Å²) in [7, 11) is 0. The van der Waals surface area contributed by atoms with E-state index < -0.39 is 0 Å². The maximum atomic E-state index is 14.0. The van der Waals surface area contributed by atoms with Gasteiger partial charge in [0.05, 0.1) is 31.9 Å². The van der Waals surface area contributed by atoms with Crippen molar-refractivity contribution in [1.82, 2.24) is 4.57 Å². The van der Waals surface area contributed by atoms with Crippen LogP contribution < -0.4 is 10.3 Å². The summed E-state index contributed by atoms with van der Waals surface area (Å²) in [4.78, 5) is 12.6. The molecule has 0 N–H and O–H groups in total. The lowest BCUT2D eigenvalue weighted by atomic mass is 10.1. The van der Waals surface area contributed by atoms with E-state index in [1.165, 1.54) is 12.1 Å². The second kappa shape index (κ2) is 8.81. The normalized spacial score (nSPS) is 18.8. The fourth-order valence-electron chi connectivity index (χ4n) is 3.16. The van der Waals surface area contributed by atoms with Crippen molar-refractivity contribution < 1.29 is 18.6 Å². The van der Waals surface area contributed by atoms with Gasteiger partial charge >= 0.3 is 0 Å². The summed E-state index contributed by atoms with van der Waals surface area (Å²) in [5.41, 5.74) is 1.81. The highest BCUT2D eigenvalue weighted by molar-refractivity contribution is 5.39. The SMILES string of the molecule is Cc1cc(OC[C@H]2COCCO2)cc(=O)n1Cc1ccc(F)c(C#CC2CC2)c1. The van der Waals surface area contributed by atoms with Gasteiger partial charge in [0.25, 0.3) is 5.56 Å². The number of rotatable bonds is 5. The molecule has 2 heterocycles. The van der Waals surface area contributed by atoms with Gasteiger partial charge in [-0.15, -0.1) is 0 Å². The zero-order valence-corrected chi connectivity index (χ0v) is 16.4. The molecule has 1 aliphatic heterocycles. The van der Waals surface area contributed by atoms with E-state index in [0.717, 1.165) is 24.1 Å². The van der Waals surface area contributed by atoms with Crippen LogP contribution in [0.5, 0.6) is 5.75 Å². The first kappa shape index (κ1) is 19.7. The van der Waals surface area contributed by atoms with E-state index in [1.807, 2.05) is 13.0 Å². The second-order valence-electron chi connectivity index (χ2n) is 7.49. The maximum Gasteiger partial charge on any atom is 0.254 e. The molecule has 1 aliphatic carbocycles. The first-order valence-electron chi connectivity index (χ1n) is 9.92. The Hall–Kier alpha value is -2.62. The number of benzene rings is 1. The summed E-state index contributed by atoms with van der Waals surface area (Å²) < 4.78 is 32.3. The lowest BCUT2D eigenvalue weighted by Crippen LogP contribution is -2.33. The highest BCUT2D eigenvalue weighted by atomic mass is 19.1. The van der Waals surface area contributed by atoms with E-state index >= 15 is 0 Å². The van der Waals surface area contributed by atoms with E-state index in [1.54, 1.807) is 16.7 Å². The Morgan fingerprint density at radius 1 is 1.24 bits per heavy atom. The number of aryl methyl sites for hydroxylation is 1. The van der Waals surface area contributed by atoms with Crippen molar-refractivity contribution in [2.45, 2.75) is 32.4 Å². The summed E-state index contributed by atoms with van der Waals surface area (Å²) in [6.07, 6.45) is 2.06. The van der Waals surface area contributed by atoms with Crippen LogP contribution in [0.3, 0.4) is 0 Å². The Kier molecular flexibility index (Phi) is 5.98. The first-order valence-corrected chi connectivity index (χ1v) is 9.92. The smallest absolute Gasteiger partial charge is 0.254 e. The van der Waals surface area contributed by atoms with E-state index in [2.05, 4.69) is 11.8 Å². The summed E-state index contributed by atoms with van der Waals surface area (Å²) in [5, 5.41) is 0. The predicted octanol–water partition coefficient (Wildman–Crippen LogP) is 2.90. The molecule has 5 nitrogen and oxygen atoms in total. The Morgan fingerprint density at radius 2 is 2.10 bits per heavy atom. The molecule has 0 amide bonds. The summed E-state index contributed by atoms with van der Waals surface area (Å²) in [5.74, 6) is 6.60. The molecule has 1 saturated carbocycles. The lowest BCUT2D eigenvalue weighted by Gasteiger charge is -2.23. The molecule has 0 spiro atoms. The quantitative estimate of drug-likeness (QED) is 0.728. The van der Waals surface area contributed by atoms with E-state index in [4.69, 9.17) is 14.2 Å². The topological polar surface area (TPSA) is 49.7 Å². The first-order chi connectivity index (χ1) is 14.1. The third kappa shape index (κ3) is 5.26. The molecule has 1 aromatic heterocycles. The summed E-state index contributed by atoms with van der Waals surface area (Å²) >= 11 is 0. The van der Waals surface area contributed by atoms with Gasteiger partial charge in [0.2, 0.25) is 0 Å². The van der Waals surface area contributed by atoms with Crippen molar-refractivity contribution in [2.24, 2.45) is 5.92 Å². The van der Waals surface area contributed by atoms with Gasteiger partial charge in [-0.25, -0.2) is 4.39 Å². The molecule has 2 fully saturated rings. The molecule has 29 heavy (non-hydrogen) atoms. The zero-order valence-electron chi connectivity index (χ0n) is 16.4. The number of halogens is 1. The lowest BCUT2D eigenvalue weighted by molar-refractivity contribution is -0.101. The van der Waals surface area contributed by atoms with Gasteiger partial charge in [-0.1, -0.05) is 17.9 Å². The molecule has 1 saturated heterocycles. The molecule has 152 valence electrons. The summed E-state index contributed by atoms with van der Waals surface area (Å²) in [6, 6.07) is 8.11. The summed E-state index contributed by atoms with van der Waals surface area (Å²) in [6.45, 7) is 4.19. The van der Waals surface area contributed by atoms with E-state index in [0.29, 0.717) is 50.2 Å². The minimum atomic E-state index is -0.330. The fraction of sp³-hybridized carbons (Fsp3) is 0.435. The van der Waals surface area contributed by atoms with Crippen LogP contribution in [0.25, 0.3) is 0 Å². The fourth-order valence-corrected chi connectivity index (χ4v) is 3.16. The zero-order chi connectivity index (χ0) is 20.2.